The first-order chi connectivity index (χ1) is 11.5. The summed E-state index contributed by atoms with van der Waals surface area (Å²) in [6.07, 6.45) is 5.22. The van der Waals surface area contributed by atoms with E-state index in [2.05, 4.69) is 21.2 Å². The average molecular weight is 395 g/mol. The smallest absolute Gasteiger partial charge is 0.246 e. The van der Waals surface area contributed by atoms with Gasteiger partial charge in [-0.2, -0.15) is 0 Å². The number of hydrogen-bond acceptors (Lipinski definition) is 3. The number of nitrogens with one attached hydrogen (secondary N) is 1. The molecule has 1 fully saturated rings. The van der Waals surface area contributed by atoms with Crippen LogP contribution >= 0.6 is 15.9 Å². The van der Waals surface area contributed by atoms with Gasteiger partial charge < -0.3 is 15.0 Å². The number of carbonyl (C=O) groups is 2. The van der Waals surface area contributed by atoms with Crippen molar-refractivity contribution in [1.29, 1.82) is 0 Å². The highest BCUT2D eigenvalue weighted by Crippen LogP contribution is 2.24. The fraction of sp³-hybridized carbons (Fsp3) is 0.444. The zero-order chi connectivity index (χ0) is 17.5. The van der Waals surface area contributed by atoms with Crippen LogP contribution in [0.4, 0.5) is 0 Å². The minimum absolute atomic E-state index is 0.000548. The van der Waals surface area contributed by atoms with Gasteiger partial charge in [0.05, 0.1) is 7.11 Å². The number of benzene rings is 1. The fourth-order valence-electron chi connectivity index (χ4n) is 2.75. The van der Waals surface area contributed by atoms with E-state index in [0.717, 1.165) is 41.7 Å². The lowest BCUT2D eigenvalue weighted by Gasteiger charge is -2.31. The quantitative estimate of drug-likeness (QED) is 0.781. The van der Waals surface area contributed by atoms with Crippen molar-refractivity contribution >= 4 is 33.8 Å². The second-order valence-corrected chi connectivity index (χ2v) is 6.84. The van der Waals surface area contributed by atoms with Crippen molar-refractivity contribution in [2.45, 2.75) is 19.8 Å². The van der Waals surface area contributed by atoms with Crippen LogP contribution in [0, 0.1) is 5.92 Å². The summed E-state index contributed by atoms with van der Waals surface area (Å²) in [6.45, 7) is 3.67. The van der Waals surface area contributed by atoms with Gasteiger partial charge >= 0.3 is 0 Å². The Balaban J connectivity index is 1.89. The summed E-state index contributed by atoms with van der Waals surface area (Å²) in [5.74, 6) is 1.19. The summed E-state index contributed by atoms with van der Waals surface area (Å²) < 4.78 is 6.25. The summed E-state index contributed by atoms with van der Waals surface area (Å²) in [6, 6.07) is 5.68. The van der Waals surface area contributed by atoms with Gasteiger partial charge in [-0.15, -0.1) is 0 Å². The molecule has 0 radical (unpaired) electrons. The molecule has 1 aromatic carbocycles. The van der Waals surface area contributed by atoms with Crippen molar-refractivity contribution < 1.29 is 14.3 Å². The third-order valence-corrected chi connectivity index (χ3v) is 4.66. The fourth-order valence-corrected chi connectivity index (χ4v) is 3.13. The van der Waals surface area contributed by atoms with Crippen molar-refractivity contribution in [3.63, 3.8) is 0 Å². The van der Waals surface area contributed by atoms with E-state index in [1.54, 1.807) is 19.3 Å². The van der Waals surface area contributed by atoms with Gasteiger partial charge in [-0.05, 0) is 43.0 Å². The molecule has 1 aliphatic heterocycles. The molecule has 0 atom stereocenters. The standard InChI is InChI=1S/C18H23BrN2O3/c1-13(22)20-12-14-7-9-21(10-8-14)18(23)6-3-15-11-16(19)4-5-17(15)24-2/h3-6,11,14H,7-10,12H2,1-2H3,(H,20,22). The number of methoxy groups -OCH3 is 1. The third kappa shape index (κ3) is 5.37. The second-order valence-electron chi connectivity index (χ2n) is 5.93. The molecule has 0 aromatic heterocycles. The Labute approximate surface area is 151 Å². The molecule has 1 heterocycles. The lowest BCUT2D eigenvalue weighted by atomic mass is 9.96. The normalized spacial score (nSPS) is 15.5. The molecular weight excluding hydrogens is 372 g/mol. The SMILES string of the molecule is COc1ccc(Br)cc1C=CC(=O)N1CCC(CNC(C)=O)CC1. The minimum Gasteiger partial charge on any atom is -0.496 e. The van der Waals surface area contributed by atoms with Crippen LogP contribution in [0.25, 0.3) is 6.08 Å². The van der Waals surface area contributed by atoms with Crippen LogP contribution in [0.1, 0.15) is 25.3 Å². The Morgan fingerprint density at radius 2 is 2.08 bits per heavy atom. The molecule has 2 rings (SSSR count). The summed E-state index contributed by atoms with van der Waals surface area (Å²) >= 11 is 3.43. The van der Waals surface area contributed by atoms with Crippen molar-refractivity contribution in [2.24, 2.45) is 5.92 Å². The number of nitrogens with zero attached hydrogens (tertiary/aromatic N) is 1. The summed E-state index contributed by atoms with van der Waals surface area (Å²) in [4.78, 5) is 25.2. The monoisotopic (exact) mass is 394 g/mol. The van der Waals surface area contributed by atoms with E-state index >= 15 is 0 Å². The van der Waals surface area contributed by atoms with Crippen molar-refractivity contribution in [1.82, 2.24) is 10.2 Å². The molecule has 1 saturated heterocycles. The van der Waals surface area contributed by atoms with Crippen LogP contribution in [0.15, 0.2) is 28.7 Å². The van der Waals surface area contributed by atoms with Crippen LogP contribution in [0.3, 0.4) is 0 Å². The van der Waals surface area contributed by atoms with Gasteiger partial charge in [0.1, 0.15) is 5.75 Å². The number of ether oxygens (including phenoxy) is 1. The molecule has 0 spiro atoms. The van der Waals surface area contributed by atoms with E-state index < -0.39 is 0 Å². The zero-order valence-corrected chi connectivity index (χ0v) is 15.6. The Morgan fingerprint density at radius 1 is 1.38 bits per heavy atom. The van der Waals surface area contributed by atoms with Gasteiger partial charge in [0.25, 0.3) is 0 Å². The second kappa shape index (κ2) is 8.87. The highest BCUT2D eigenvalue weighted by Gasteiger charge is 2.21. The Morgan fingerprint density at radius 3 is 2.71 bits per heavy atom. The Bertz CT molecular complexity index is 623. The predicted octanol–water partition coefficient (Wildman–Crippen LogP) is 2.85. The summed E-state index contributed by atoms with van der Waals surface area (Å²) in [5, 5.41) is 2.85. The van der Waals surface area contributed by atoms with Gasteiger partial charge in [-0.25, -0.2) is 0 Å². The number of halogens is 1. The molecule has 1 N–H and O–H groups in total. The Hall–Kier alpha value is -1.82. The van der Waals surface area contributed by atoms with Gasteiger partial charge in [0.2, 0.25) is 11.8 Å². The first-order valence-electron chi connectivity index (χ1n) is 8.04. The van der Waals surface area contributed by atoms with E-state index in [4.69, 9.17) is 4.74 Å². The van der Waals surface area contributed by atoms with Gasteiger partial charge in [0.15, 0.2) is 0 Å². The van der Waals surface area contributed by atoms with Crippen molar-refractivity contribution in [3.05, 3.63) is 34.3 Å². The van der Waals surface area contributed by atoms with Gasteiger partial charge in [-0.3, -0.25) is 9.59 Å². The van der Waals surface area contributed by atoms with E-state index in [-0.39, 0.29) is 11.8 Å². The van der Waals surface area contributed by atoms with Gasteiger partial charge in [-0.1, -0.05) is 15.9 Å². The maximum absolute atomic E-state index is 12.3. The number of rotatable bonds is 5. The largest absolute Gasteiger partial charge is 0.496 e. The topological polar surface area (TPSA) is 58.6 Å². The Kier molecular flexibility index (Phi) is 6.85. The number of amides is 2. The van der Waals surface area contributed by atoms with Crippen molar-refractivity contribution in [3.8, 4) is 5.75 Å². The molecule has 0 saturated carbocycles. The molecule has 0 unspecified atom stereocenters. The van der Waals surface area contributed by atoms with Crippen LogP contribution < -0.4 is 10.1 Å². The maximum Gasteiger partial charge on any atom is 0.246 e. The minimum atomic E-state index is -0.000548. The molecule has 1 aliphatic rings. The van der Waals surface area contributed by atoms with E-state index in [1.807, 2.05) is 23.1 Å². The predicted molar refractivity (Wildman–Crippen MR) is 97.7 cm³/mol. The van der Waals surface area contributed by atoms with E-state index in [1.165, 1.54) is 6.92 Å². The maximum atomic E-state index is 12.3. The molecule has 1 aromatic rings. The lowest BCUT2D eigenvalue weighted by molar-refractivity contribution is -0.127. The lowest BCUT2D eigenvalue weighted by Crippen LogP contribution is -2.40. The van der Waals surface area contributed by atoms with E-state index in [9.17, 15) is 9.59 Å². The highest BCUT2D eigenvalue weighted by molar-refractivity contribution is 9.10. The van der Waals surface area contributed by atoms with E-state index in [0.29, 0.717) is 12.5 Å². The molecule has 0 aliphatic carbocycles. The summed E-state index contributed by atoms with van der Waals surface area (Å²) in [5.41, 5.74) is 0.862. The molecule has 2 amide bonds. The molecule has 6 heteroatoms. The van der Waals surface area contributed by atoms with Crippen LogP contribution in [0.2, 0.25) is 0 Å². The van der Waals surface area contributed by atoms with Gasteiger partial charge in [0, 0.05) is 42.7 Å². The number of piperidine rings is 1. The first kappa shape index (κ1) is 18.5. The van der Waals surface area contributed by atoms with Crippen molar-refractivity contribution in [2.75, 3.05) is 26.7 Å². The zero-order valence-electron chi connectivity index (χ0n) is 14.0. The highest BCUT2D eigenvalue weighted by atomic mass is 79.9. The summed E-state index contributed by atoms with van der Waals surface area (Å²) in [7, 11) is 1.61. The van der Waals surface area contributed by atoms with Crippen LogP contribution in [-0.4, -0.2) is 43.5 Å². The number of hydrogen-bond donors (Lipinski definition) is 1. The third-order valence-electron chi connectivity index (χ3n) is 4.16. The average Bonchev–Trinajstić information content (AvgIpc) is 2.58. The molecule has 0 bridgehead atoms. The molecular formula is C18H23BrN2O3. The number of likely N-dealkylation sites (tertiary alicyclic amines) is 1. The molecule has 5 nitrogen and oxygen atoms in total. The van der Waals surface area contributed by atoms with Crippen LogP contribution in [-0.2, 0) is 9.59 Å². The first-order valence-corrected chi connectivity index (χ1v) is 8.84. The van der Waals surface area contributed by atoms with Crippen LogP contribution in [0.5, 0.6) is 5.75 Å². The number of carbonyl (C=O) groups excluding carboxylic acids is 2. The molecule has 24 heavy (non-hydrogen) atoms. The molecule has 130 valence electrons.